The zero-order chi connectivity index (χ0) is 13.2. The van der Waals surface area contributed by atoms with E-state index in [0.29, 0.717) is 6.42 Å². The summed E-state index contributed by atoms with van der Waals surface area (Å²) >= 11 is 0. The minimum atomic E-state index is 0.0112. The van der Waals surface area contributed by atoms with Gasteiger partial charge in [0.2, 0.25) is 0 Å². The molecule has 0 aliphatic rings. The molecule has 0 radical (unpaired) electrons. The minimum Gasteiger partial charge on any atom is -0.508 e. The fraction of sp³-hybridized carbons (Fsp3) is 0.143. The maximum absolute atomic E-state index is 9.52. The van der Waals surface area contributed by atoms with Crippen LogP contribution in [0.4, 0.5) is 0 Å². The molecule has 5 heteroatoms. The van der Waals surface area contributed by atoms with Crippen molar-refractivity contribution in [3.63, 3.8) is 0 Å². The van der Waals surface area contributed by atoms with Crippen molar-refractivity contribution in [3.05, 3.63) is 48.0 Å². The van der Waals surface area contributed by atoms with Crippen molar-refractivity contribution in [1.29, 1.82) is 0 Å². The van der Waals surface area contributed by atoms with Crippen molar-refractivity contribution in [3.8, 4) is 11.4 Å². The summed E-state index contributed by atoms with van der Waals surface area (Å²) in [5.41, 5.74) is 3.20. The molecule has 0 bridgehead atoms. The first kappa shape index (κ1) is 11.7. The molecular formula is C14H13N3O2. The second-order valence-electron chi connectivity index (χ2n) is 4.26. The van der Waals surface area contributed by atoms with Gasteiger partial charge in [-0.25, -0.2) is 0 Å². The van der Waals surface area contributed by atoms with Crippen molar-refractivity contribution in [2.45, 2.75) is 6.42 Å². The molecule has 0 unspecified atom stereocenters. The van der Waals surface area contributed by atoms with Crippen LogP contribution in [0.3, 0.4) is 0 Å². The SMILES string of the molecule is OCCc1cc(O)ccc1-n1nc2ccccc2n1. The molecule has 0 aliphatic heterocycles. The van der Waals surface area contributed by atoms with Gasteiger partial charge >= 0.3 is 0 Å². The van der Waals surface area contributed by atoms with Gasteiger partial charge in [-0.1, -0.05) is 12.1 Å². The summed E-state index contributed by atoms with van der Waals surface area (Å²) in [6.45, 7) is 0.0112. The van der Waals surface area contributed by atoms with Crippen LogP contribution in [0.15, 0.2) is 42.5 Å². The summed E-state index contributed by atoms with van der Waals surface area (Å²) in [5, 5.41) is 27.4. The van der Waals surface area contributed by atoms with Crippen LogP contribution < -0.4 is 0 Å². The van der Waals surface area contributed by atoms with Crippen molar-refractivity contribution >= 4 is 11.0 Å². The van der Waals surface area contributed by atoms with Crippen LogP contribution in [0, 0.1) is 0 Å². The number of aromatic hydroxyl groups is 1. The lowest BCUT2D eigenvalue weighted by atomic mass is 10.1. The third-order valence-corrected chi connectivity index (χ3v) is 2.95. The van der Waals surface area contributed by atoms with Gasteiger partial charge in [-0.05, 0) is 42.3 Å². The van der Waals surface area contributed by atoms with E-state index < -0.39 is 0 Å². The van der Waals surface area contributed by atoms with Crippen molar-refractivity contribution < 1.29 is 10.2 Å². The smallest absolute Gasteiger partial charge is 0.116 e. The zero-order valence-corrected chi connectivity index (χ0v) is 10.2. The van der Waals surface area contributed by atoms with E-state index in [9.17, 15) is 5.11 Å². The molecular weight excluding hydrogens is 242 g/mol. The van der Waals surface area contributed by atoms with Crippen LogP contribution in [0.25, 0.3) is 16.7 Å². The molecule has 1 aromatic heterocycles. The molecule has 19 heavy (non-hydrogen) atoms. The Hall–Kier alpha value is -2.40. The van der Waals surface area contributed by atoms with E-state index in [-0.39, 0.29) is 12.4 Å². The first-order valence-corrected chi connectivity index (χ1v) is 6.03. The molecule has 0 fully saturated rings. The van der Waals surface area contributed by atoms with Gasteiger partial charge in [-0.3, -0.25) is 0 Å². The highest BCUT2D eigenvalue weighted by Crippen LogP contribution is 2.21. The van der Waals surface area contributed by atoms with Crippen LogP contribution >= 0.6 is 0 Å². The van der Waals surface area contributed by atoms with Crippen molar-refractivity contribution in [1.82, 2.24) is 15.0 Å². The maximum atomic E-state index is 9.52. The second-order valence-corrected chi connectivity index (χ2v) is 4.26. The molecule has 3 rings (SSSR count). The zero-order valence-electron chi connectivity index (χ0n) is 10.2. The van der Waals surface area contributed by atoms with Gasteiger partial charge in [0.1, 0.15) is 16.8 Å². The van der Waals surface area contributed by atoms with Gasteiger partial charge in [0.05, 0.1) is 5.69 Å². The molecule has 0 saturated heterocycles. The summed E-state index contributed by atoms with van der Waals surface area (Å²) in [4.78, 5) is 1.54. The molecule has 3 aromatic rings. The third kappa shape index (κ3) is 2.15. The maximum Gasteiger partial charge on any atom is 0.116 e. The van der Waals surface area contributed by atoms with E-state index in [1.54, 1.807) is 18.2 Å². The van der Waals surface area contributed by atoms with Gasteiger partial charge in [-0.2, -0.15) is 4.80 Å². The summed E-state index contributed by atoms with van der Waals surface area (Å²) in [6.07, 6.45) is 0.446. The van der Waals surface area contributed by atoms with E-state index in [0.717, 1.165) is 22.3 Å². The number of nitrogens with zero attached hydrogens (tertiary/aromatic N) is 3. The molecule has 1 heterocycles. The lowest BCUT2D eigenvalue weighted by Crippen LogP contribution is -2.04. The first-order chi connectivity index (χ1) is 9.28. The molecule has 0 saturated carbocycles. The molecule has 0 aliphatic carbocycles. The van der Waals surface area contributed by atoms with Gasteiger partial charge < -0.3 is 10.2 Å². The summed E-state index contributed by atoms with van der Waals surface area (Å²) < 4.78 is 0. The average molecular weight is 255 g/mol. The predicted molar refractivity (Wildman–Crippen MR) is 71.3 cm³/mol. The highest BCUT2D eigenvalue weighted by atomic mass is 16.3. The van der Waals surface area contributed by atoms with Crippen LogP contribution in [0.2, 0.25) is 0 Å². The Kier molecular flexibility index (Phi) is 2.89. The molecule has 2 N–H and O–H groups in total. The first-order valence-electron chi connectivity index (χ1n) is 6.03. The van der Waals surface area contributed by atoms with Crippen LogP contribution in [0.1, 0.15) is 5.56 Å². The van der Waals surface area contributed by atoms with Crippen LogP contribution in [-0.4, -0.2) is 31.8 Å². The number of aliphatic hydroxyl groups is 1. The summed E-state index contributed by atoms with van der Waals surface area (Å²) in [7, 11) is 0. The number of benzene rings is 2. The quantitative estimate of drug-likeness (QED) is 0.746. The van der Waals surface area contributed by atoms with E-state index in [4.69, 9.17) is 5.11 Å². The normalized spacial score (nSPS) is 11.0. The summed E-state index contributed by atoms with van der Waals surface area (Å²) in [6, 6.07) is 12.6. The number of phenolic OH excluding ortho intramolecular Hbond substituents is 1. The molecule has 0 atom stereocenters. The Bertz CT molecular complexity index is 689. The standard InChI is InChI=1S/C14H13N3O2/c18-8-7-10-9-11(19)5-6-14(10)17-15-12-3-1-2-4-13(12)16-17/h1-6,9,18-19H,7-8H2. The monoisotopic (exact) mass is 255 g/mol. The second kappa shape index (κ2) is 4.70. The lowest BCUT2D eigenvalue weighted by Gasteiger charge is -2.07. The Morgan fingerprint density at radius 2 is 1.68 bits per heavy atom. The fourth-order valence-corrected chi connectivity index (χ4v) is 2.06. The topological polar surface area (TPSA) is 71.2 Å². The predicted octanol–water partition coefficient (Wildman–Crippen LogP) is 1.66. The van der Waals surface area contributed by atoms with Crippen molar-refractivity contribution in [2.75, 3.05) is 6.61 Å². The number of fused-ring (bicyclic) bond motifs is 1. The molecule has 0 spiro atoms. The van der Waals surface area contributed by atoms with Crippen LogP contribution in [0.5, 0.6) is 5.75 Å². The molecule has 96 valence electrons. The number of hydrogen-bond acceptors (Lipinski definition) is 4. The molecule has 0 amide bonds. The number of phenols is 1. The van der Waals surface area contributed by atoms with Gasteiger partial charge in [-0.15, -0.1) is 10.2 Å². The Labute approximate surface area is 109 Å². The highest BCUT2D eigenvalue weighted by molar-refractivity contribution is 5.73. The van der Waals surface area contributed by atoms with Gasteiger partial charge in [0.15, 0.2) is 0 Å². The molecule has 2 aromatic carbocycles. The third-order valence-electron chi connectivity index (χ3n) is 2.95. The molecule has 5 nitrogen and oxygen atoms in total. The Morgan fingerprint density at radius 1 is 1.00 bits per heavy atom. The summed E-state index contributed by atoms with van der Waals surface area (Å²) in [5.74, 6) is 0.170. The number of aromatic nitrogens is 3. The van der Waals surface area contributed by atoms with Gasteiger partial charge in [0.25, 0.3) is 0 Å². The Morgan fingerprint density at radius 3 is 2.32 bits per heavy atom. The number of aliphatic hydroxyl groups excluding tert-OH is 1. The van der Waals surface area contributed by atoms with E-state index in [2.05, 4.69) is 10.2 Å². The largest absolute Gasteiger partial charge is 0.508 e. The average Bonchev–Trinajstić information content (AvgIpc) is 2.82. The highest BCUT2D eigenvalue weighted by Gasteiger charge is 2.09. The number of rotatable bonds is 3. The Balaban J connectivity index is 2.14. The van der Waals surface area contributed by atoms with Crippen LogP contribution in [-0.2, 0) is 6.42 Å². The van der Waals surface area contributed by atoms with E-state index in [1.807, 2.05) is 24.3 Å². The van der Waals surface area contributed by atoms with Crippen molar-refractivity contribution in [2.24, 2.45) is 0 Å². The number of hydrogen-bond donors (Lipinski definition) is 2. The van der Waals surface area contributed by atoms with Gasteiger partial charge in [0, 0.05) is 6.61 Å². The lowest BCUT2D eigenvalue weighted by molar-refractivity contribution is 0.299. The van der Waals surface area contributed by atoms with E-state index in [1.165, 1.54) is 4.80 Å². The minimum absolute atomic E-state index is 0.0112. The fourth-order valence-electron chi connectivity index (χ4n) is 2.06. The van der Waals surface area contributed by atoms with E-state index >= 15 is 0 Å².